The van der Waals surface area contributed by atoms with Crippen LogP contribution in [0.25, 0.3) is 5.69 Å². The van der Waals surface area contributed by atoms with E-state index in [0.29, 0.717) is 5.69 Å². The van der Waals surface area contributed by atoms with Gasteiger partial charge in [-0.3, -0.25) is 9.59 Å². The summed E-state index contributed by atoms with van der Waals surface area (Å²) >= 11 is 0. The maximum absolute atomic E-state index is 12.8. The van der Waals surface area contributed by atoms with Gasteiger partial charge < -0.3 is 10.6 Å². The Bertz CT molecular complexity index is 690. The highest BCUT2D eigenvalue weighted by Crippen LogP contribution is 2.24. The molecule has 1 aromatic heterocycles. The highest BCUT2D eigenvalue weighted by Gasteiger charge is 2.29. The van der Waals surface area contributed by atoms with Crippen LogP contribution in [-0.2, 0) is 4.79 Å². The van der Waals surface area contributed by atoms with Crippen molar-refractivity contribution in [2.75, 3.05) is 6.54 Å². The van der Waals surface area contributed by atoms with Gasteiger partial charge in [0.25, 0.3) is 5.91 Å². The van der Waals surface area contributed by atoms with Gasteiger partial charge in [-0.25, -0.2) is 4.68 Å². The Hall–Kier alpha value is -2.63. The third-order valence-corrected chi connectivity index (χ3v) is 4.18. The van der Waals surface area contributed by atoms with Gasteiger partial charge in [0.05, 0.1) is 12.2 Å². The number of aromatic nitrogens is 2. The first-order chi connectivity index (χ1) is 11.1. The molecule has 1 aliphatic rings. The molecule has 0 atom stereocenters. The molecule has 3 rings (SSSR count). The minimum atomic E-state index is -0.493. The average molecular weight is 312 g/mol. The molecule has 0 radical (unpaired) electrons. The lowest BCUT2D eigenvalue weighted by atomic mass is 10.2. The van der Waals surface area contributed by atoms with Crippen LogP contribution in [0.2, 0.25) is 0 Å². The summed E-state index contributed by atoms with van der Waals surface area (Å²) in [6.45, 7) is -0.0539. The number of benzene rings is 1. The molecule has 120 valence electrons. The Morgan fingerprint density at radius 2 is 1.87 bits per heavy atom. The molecule has 2 aromatic rings. The summed E-state index contributed by atoms with van der Waals surface area (Å²) < 4.78 is 1.66. The van der Waals surface area contributed by atoms with E-state index in [0.717, 1.165) is 31.4 Å². The smallest absolute Gasteiger partial charge is 0.275 e. The molecule has 0 spiro atoms. The fourth-order valence-electron chi connectivity index (χ4n) is 3.06. The number of primary amides is 1. The van der Waals surface area contributed by atoms with Crippen LogP contribution in [0.1, 0.15) is 36.2 Å². The summed E-state index contributed by atoms with van der Waals surface area (Å²) in [5.41, 5.74) is 6.53. The number of nitrogens with two attached hydrogens (primary N) is 1. The van der Waals surface area contributed by atoms with Crippen molar-refractivity contribution in [1.82, 2.24) is 14.7 Å². The average Bonchev–Trinajstić information content (AvgIpc) is 3.24. The van der Waals surface area contributed by atoms with E-state index in [1.807, 2.05) is 30.3 Å². The van der Waals surface area contributed by atoms with Crippen LogP contribution in [0, 0.1) is 0 Å². The van der Waals surface area contributed by atoms with E-state index < -0.39 is 5.91 Å². The maximum atomic E-state index is 12.8. The lowest BCUT2D eigenvalue weighted by Gasteiger charge is -2.26. The largest absolute Gasteiger partial charge is 0.368 e. The Balaban J connectivity index is 1.82. The second kappa shape index (κ2) is 6.64. The van der Waals surface area contributed by atoms with Gasteiger partial charge in [0, 0.05) is 12.2 Å². The van der Waals surface area contributed by atoms with Crippen LogP contribution in [0.15, 0.2) is 42.6 Å². The number of amides is 2. The van der Waals surface area contributed by atoms with E-state index in [9.17, 15) is 9.59 Å². The predicted molar refractivity (Wildman–Crippen MR) is 86.1 cm³/mol. The highest BCUT2D eigenvalue weighted by atomic mass is 16.2. The number of rotatable bonds is 5. The number of carbonyl (C=O) groups is 2. The lowest BCUT2D eigenvalue weighted by Crippen LogP contribution is -2.44. The summed E-state index contributed by atoms with van der Waals surface area (Å²) in [6.07, 6.45) is 5.73. The third-order valence-electron chi connectivity index (χ3n) is 4.18. The molecule has 2 amide bonds. The summed E-state index contributed by atoms with van der Waals surface area (Å²) in [6, 6.07) is 11.3. The molecule has 0 aliphatic heterocycles. The molecule has 6 heteroatoms. The topological polar surface area (TPSA) is 81.2 Å². The van der Waals surface area contributed by atoms with Gasteiger partial charge in [0.1, 0.15) is 0 Å². The summed E-state index contributed by atoms with van der Waals surface area (Å²) in [5.74, 6) is -0.724. The molecule has 1 heterocycles. The number of para-hydroxylation sites is 1. The zero-order chi connectivity index (χ0) is 16.2. The van der Waals surface area contributed by atoms with E-state index in [2.05, 4.69) is 5.10 Å². The zero-order valence-electron chi connectivity index (χ0n) is 12.9. The quantitative estimate of drug-likeness (QED) is 0.913. The Labute approximate surface area is 134 Å². The van der Waals surface area contributed by atoms with E-state index in [1.165, 1.54) is 0 Å². The standard InChI is InChI=1S/C17H20N4O2/c18-16(22)12-20(13-6-4-5-7-13)17(23)15-10-11-21(19-15)14-8-2-1-3-9-14/h1-3,8-11,13H,4-7,12H2,(H2,18,22). The van der Waals surface area contributed by atoms with Crippen LogP contribution in [0.5, 0.6) is 0 Å². The van der Waals surface area contributed by atoms with E-state index in [4.69, 9.17) is 5.73 Å². The summed E-state index contributed by atoms with van der Waals surface area (Å²) in [4.78, 5) is 25.7. The molecular weight excluding hydrogens is 292 g/mol. The van der Waals surface area contributed by atoms with Crippen molar-refractivity contribution in [2.45, 2.75) is 31.7 Å². The number of hydrogen-bond acceptors (Lipinski definition) is 3. The van der Waals surface area contributed by atoms with Gasteiger partial charge in [-0.05, 0) is 31.0 Å². The first-order valence-electron chi connectivity index (χ1n) is 7.85. The van der Waals surface area contributed by atoms with Crippen molar-refractivity contribution in [3.8, 4) is 5.69 Å². The summed E-state index contributed by atoms with van der Waals surface area (Å²) in [5, 5.41) is 4.35. The lowest BCUT2D eigenvalue weighted by molar-refractivity contribution is -0.119. The van der Waals surface area contributed by atoms with Gasteiger partial charge in [-0.2, -0.15) is 5.10 Å². The second-order valence-electron chi connectivity index (χ2n) is 5.82. The van der Waals surface area contributed by atoms with Crippen LogP contribution >= 0.6 is 0 Å². The molecule has 6 nitrogen and oxygen atoms in total. The third kappa shape index (κ3) is 3.41. The van der Waals surface area contributed by atoms with E-state index in [1.54, 1.807) is 21.8 Å². The molecule has 1 aromatic carbocycles. The SMILES string of the molecule is NC(=O)CN(C(=O)c1ccn(-c2ccccc2)n1)C1CCCC1. The fraction of sp³-hybridized carbons (Fsp3) is 0.353. The fourth-order valence-corrected chi connectivity index (χ4v) is 3.06. The first-order valence-corrected chi connectivity index (χ1v) is 7.85. The number of nitrogens with zero attached hydrogens (tertiary/aromatic N) is 3. The monoisotopic (exact) mass is 312 g/mol. The Morgan fingerprint density at radius 3 is 2.52 bits per heavy atom. The Morgan fingerprint density at radius 1 is 1.17 bits per heavy atom. The van der Waals surface area contributed by atoms with Crippen LogP contribution < -0.4 is 5.73 Å². The van der Waals surface area contributed by atoms with E-state index >= 15 is 0 Å². The normalized spacial score (nSPS) is 14.8. The molecular formula is C17H20N4O2. The Kier molecular flexibility index (Phi) is 4.41. The number of hydrogen-bond donors (Lipinski definition) is 1. The van der Waals surface area contributed by atoms with Crippen LogP contribution in [0.4, 0.5) is 0 Å². The molecule has 1 fully saturated rings. The minimum absolute atomic E-state index is 0.0539. The second-order valence-corrected chi connectivity index (χ2v) is 5.82. The maximum Gasteiger partial charge on any atom is 0.275 e. The van der Waals surface area contributed by atoms with Crippen LogP contribution in [0.3, 0.4) is 0 Å². The number of carbonyl (C=O) groups excluding carboxylic acids is 2. The van der Waals surface area contributed by atoms with Gasteiger partial charge in [-0.15, -0.1) is 0 Å². The van der Waals surface area contributed by atoms with Gasteiger partial charge >= 0.3 is 0 Å². The molecule has 0 saturated heterocycles. The zero-order valence-corrected chi connectivity index (χ0v) is 12.9. The van der Waals surface area contributed by atoms with Gasteiger partial charge in [-0.1, -0.05) is 31.0 Å². The van der Waals surface area contributed by atoms with Gasteiger partial charge in [0.15, 0.2) is 5.69 Å². The molecule has 0 unspecified atom stereocenters. The molecule has 0 bridgehead atoms. The predicted octanol–water partition coefficient (Wildman–Crippen LogP) is 1.74. The van der Waals surface area contributed by atoms with Crippen molar-refractivity contribution >= 4 is 11.8 Å². The van der Waals surface area contributed by atoms with Crippen molar-refractivity contribution in [2.24, 2.45) is 5.73 Å². The van der Waals surface area contributed by atoms with Crippen molar-refractivity contribution in [3.05, 3.63) is 48.3 Å². The van der Waals surface area contributed by atoms with Crippen LogP contribution in [-0.4, -0.2) is 39.1 Å². The molecule has 1 aliphatic carbocycles. The highest BCUT2D eigenvalue weighted by molar-refractivity contribution is 5.95. The van der Waals surface area contributed by atoms with E-state index in [-0.39, 0.29) is 18.5 Å². The van der Waals surface area contributed by atoms with Crippen molar-refractivity contribution in [1.29, 1.82) is 0 Å². The minimum Gasteiger partial charge on any atom is -0.368 e. The first kappa shape index (κ1) is 15.3. The van der Waals surface area contributed by atoms with Gasteiger partial charge in [0.2, 0.25) is 5.91 Å². The molecule has 2 N–H and O–H groups in total. The molecule has 23 heavy (non-hydrogen) atoms. The molecule has 1 saturated carbocycles. The van der Waals surface area contributed by atoms with Crippen molar-refractivity contribution < 1.29 is 9.59 Å². The van der Waals surface area contributed by atoms with Crippen molar-refractivity contribution in [3.63, 3.8) is 0 Å². The summed E-state index contributed by atoms with van der Waals surface area (Å²) in [7, 11) is 0.